The average molecular weight is 427 g/mol. The van der Waals surface area contributed by atoms with Crippen LogP contribution in [0.1, 0.15) is 136 Å². The fourth-order valence-electron chi connectivity index (χ4n) is 3.53. The molecule has 0 spiro atoms. The maximum absolute atomic E-state index is 11.9. The molecule has 0 aromatic rings. The molecule has 1 unspecified atom stereocenters. The molecule has 0 bridgehead atoms. The minimum Gasteiger partial charge on any atom is -0.466 e. The number of ether oxygens (including phenoxy) is 2. The van der Waals surface area contributed by atoms with E-state index in [9.17, 15) is 9.59 Å². The second-order valence-electron chi connectivity index (χ2n) is 8.78. The Bertz CT molecular complexity index is 394. The largest absolute Gasteiger partial charge is 0.466 e. The van der Waals surface area contributed by atoms with Crippen LogP contribution in [0.3, 0.4) is 0 Å². The SMILES string of the molecule is CCCCCOC(=O)CCCCCCCCCCCCC(C)C(=O)OCCCCC. The van der Waals surface area contributed by atoms with Crippen LogP contribution >= 0.6 is 0 Å². The minimum absolute atomic E-state index is 0.0177. The second kappa shape index (κ2) is 22.6. The van der Waals surface area contributed by atoms with Crippen LogP contribution in [0.5, 0.6) is 0 Å². The number of unbranched alkanes of at least 4 members (excludes halogenated alkanes) is 13. The Kier molecular flexibility index (Phi) is 21.8. The van der Waals surface area contributed by atoms with Gasteiger partial charge in [-0.3, -0.25) is 9.59 Å². The highest BCUT2D eigenvalue weighted by Gasteiger charge is 2.13. The van der Waals surface area contributed by atoms with Crippen molar-refractivity contribution >= 4 is 11.9 Å². The summed E-state index contributed by atoms with van der Waals surface area (Å²) in [6, 6.07) is 0. The molecule has 0 heterocycles. The van der Waals surface area contributed by atoms with E-state index in [1.54, 1.807) is 0 Å². The van der Waals surface area contributed by atoms with Crippen molar-refractivity contribution < 1.29 is 19.1 Å². The lowest BCUT2D eigenvalue weighted by atomic mass is 10.0. The van der Waals surface area contributed by atoms with Crippen LogP contribution < -0.4 is 0 Å². The van der Waals surface area contributed by atoms with Gasteiger partial charge in [0.2, 0.25) is 0 Å². The molecule has 0 aliphatic rings. The Morgan fingerprint density at radius 3 is 1.60 bits per heavy atom. The third kappa shape index (κ3) is 20.2. The third-order valence-corrected chi connectivity index (χ3v) is 5.67. The third-order valence-electron chi connectivity index (χ3n) is 5.67. The molecule has 0 aliphatic carbocycles. The summed E-state index contributed by atoms with van der Waals surface area (Å²) in [4.78, 5) is 23.4. The van der Waals surface area contributed by atoms with Crippen molar-refractivity contribution in [3.05, 3.63) is 0 Å². The van der Waals surface area contributed by atoms with Crippen molar-refractivity contribution in [2.24, 2.45) is 5.92 Å². The molecule has 0 N–H and O–H groups in total. The lowest BCUT2D eigenvalue weighted by Gasteiger charge is -2.11. The monoisotopic (exact) mass is 426 g/mol. The Morgan fingerprint density at radius 1 is 0.600 bits per heavy atom. The first kappa shape index (κ1) is 28.9. The molecule has 30 heavy (non-hydrogen) atoms. The Balaban J connectivity index is 3.30. The predicted molar refractivity (Wildman–Crippen MR) is 126 cm³/mol. The van der Waals surface area contributed by atoms with Crippen molar-refractivity contribution in [2.75, 3.05) is 13.2 Å². The molecule has 0 aromatic carbocycles. The minimum atomic E-state index is -0.0230. The van der Waals surface area contributed by atoms with Gasteiger partial charge in [0.05, 0.1) is 19.1 Å². The van der Waals surface area contributed by atoms with Crippen LogP contribution in [0.2, 0.25) is 0 Å². The topological polar surface area (TPSA) is 52.6 Å². The normalized spacial score (nSPS) is 12.0. The van der Waals surface area contributed by atoms with Crippen LogP contribution in [-0.2, 0) is 19.1 Å². The summed E-state index contributed by atoms with van der Waals surface area (Å²) < 4.78 is 10.6. The smallest absolute Gasteiger partial charge is 0.308 e. The highest BCUT2D eigenvalue weighted by Crippen LogP contribution is 2.15. The van der Waals surface area contributed by atoms with E-state index in [0.29, 0.717) is 19.6 Å². The first-order chi connectivity index (χ1) is 14.6. The summed E-state index contributed by atoms with van der Waals surface area (Å²) in [5, 5.41) is 0. The highest BCUT2D eigenvalue weighted by molar-refractivity contribution is 5.71. The van der Waals surface area contributed by atoms with Gasteiger partial charge < -0.3 is 9.47 Å². The van der Waals surface area contributed by atoms with E-state index >= 15 is 0 Å². The van der Waals surface area contributed by atoms with Gasteiger partial charge in [-0.15, -0.1) is 0 Å². The van der Waals surface area contributed by atoms with Crippen LogP contribution in [0.4, 0.5) is 0 Å². The number of hydrogen-bond acceptors (Lipinski definition) is 4. The number of carbonyl (C=O) groups is 2. The van der Waals surface area contributed by atoms with Crippen LogP contribution in [0, 0.1) is 5.92 Å². The van der Waals surface area contributed by atoms with Gasteiger partial charge in [-0.2, -0.15) is 0 Å². The molecule has 0 radical (unpaired) electrons. The number of esters is 2. The highest BCUT2D eigenvalue weighted by atomic mass is 16.5. The van der Waals surface area contributed by atoms with Gasteiger partial charge in [-0.05, 0) is 25.7 Å². The van der Waals surface area contributed by atoms with Crippen molar-refractivity contribution in [1.82, 2.24) is 0 Å². The molecular formula is C26H50O4. The standard InChI is InChI=1S/C26H50O4/c1-4-6-18-22-29-25(27)21-17-15-13-11-9-8-10-12-14-16-20-24(3)26(28)30-23-19-7-5-2/h24H,4-23H2,1-3H3. The number of rotatable bonds is 22. The van der Waals surface area contributed by atoms with Gasteiger partial charge >= 0.3 is 11.9 Å². The first-order valence-corrected chi connectivity index (χ1v) is 12.9. The molecule has 0 saturated heterocycles. The summed E-state index contributed by atoms with van der Waals surface area (Å²) in [5.41, 5.74) is 0. The van der Waals surface area contributed by atoms with Crippen LogP contribution in [0.15, 0.2) is 0 Å². The van der Waals surface area contributed by atoms with Gasteiger partial charge in [0.1, 0.15) is 0 Å². The summed E-state index contributed by atoms with van der Waals surface area (Å²) in [5.74, 6) is 0.00119. The number of hydrogen-bond donors (Lipinski definition) is 0. The predicted octanol–water partition coefficient (Wildman–Crippen LogP) is 7.77. The molecule has 0 saturated carbocycles. The maximum Gasteiger partial charge on any atom is 0.308 e. The molecule has 4 nitrogen and oxygen atoms in total. The van der Waals surface area contributed by atoms with Crippen molar-refractivity contribution in [1.29, 1.82) is 0 Å². The van der Waals surface area contributed by atoms with Crippen molar-refractivity contribution in [3.8, 4) is 0 Å². The zero-order valence-corrected chi connectivity index (χ0v) is 20.4. The molecule has 1 atom stereocenters. The van der Waals surface area contributed by atoms with E-state index in [0.717, 1.165) is 64.2 Å². The molecule has 0 rings (SSSR count). The van der Waals surface area contributed by atoms with E-state index in [1.165, 1.54) is 44.9 Å². The zero-order chi connectivity index (χ0) is 22.3. The van der Waals surface area contributed by atoms with Gasteiger partial charge in [-0.25, -0.2) is 0 Å². The molecule has 0 fully saturated rings. The van der Waals surface area contributed by atoms with E-state index in [-0.39, 0.29) is 17.9 Å². The summed E-state index contributed by atoms with van der Waals surface area (Å²) >= 11 is 0. The quantitative estimate of drug-likeness (QED) is 0.131. The Labute approximate surface area is 186 Å². The van der Waals surface area contributed by atoms with E-state index in [1.807, 2.05) is 6.92 Å². The van der Waals surface area contributed by atoms with E-state index in [2.05, 4.69) is 13.8 Å². The van der Waals surface area contributed by atoms with Crippen molar-refractivity contribution in [2.45, 2.75) is 136 Å². The number of carbonyl (C=O) groups excluding carboxylic acids is 2. The van der Waals surface area contributed by atoms with Gasteiger partial charge in [0.25, 0.3) is 0 Å². The van der Waals surface area contributed by atoms with Gasteiger partial charge in [0, 0.05) is 6.42 Å². The fourth-order valence-corrected chi connectivity index (χ4v) is 3.53. The first-order valence-electron chi connectivity index (χ1n) is 12.9. The second-order valence-corrected chi connectivity index (χ2v) is 8.78. The molecular weight excluding hydrogens is 376 g/mol. The molecule has 178 valence electrons. The summed E-state index contributed by atoms with van der Waals surface area (Å²) in [7, 11) is 0. The molecule has 0 aromatic heterocycles. The Hall–Kier alpha value is -1.06. The summed E-state index contributed by atoms with van der Waals surface area (Å²) in [6.07, 6.45) is 20.2. The molecule has 0 aliphatic heterocycles. The van der Waals surface area contributed by atoms with Gasteiger partial charge in [-0.1, -0.05) is 104 Å². The average Bonchev–Trinajstić information content (AvgIpc) is 2.74. The Morgan fingerprint density at radius 2 is 1.07 bits per heavy atom. The fraction of sp³-hybridized carbons (Fsp3) is 0.923. The maximum atomic E-state index is 11.9. The lowest BCUT2D eigenvalue weighted by Crippen LogP contribution is -2.15. The van der Waals surface area contributed by atoms with E-state index < -0.39 is 0 Å². The molecule has 0 amide bonds. The van der Waals surface area contributed by atoms with Crippen LogP contribution in [0.25, 0.3) is 0 Å². The van der Waals surface area contributed by atoms with E-state index in [4.69, 9.17) is 9.47 Å². The van der Waals surface area contributed by atoms with Crippen LogP contribution in [-0.4, -0.2) is 25.2 Å². The van der Waals surface area contributed by atoms with Gasteiger partial charge in [0.15, 0.2) is 0 Å². The zero-order valence-electron chi connectivity index (χ0n) is 20.4. The molecule has 4 heteroatoms. The lowest BCUT2D eigenvalue weighted by molar-refractivity contribution is -0.148. The summed E-state index contributed by atoms with van der Waals surface area (Å²) in [6.45, 7) is 7.48. The van der Waals surface area contributed by atoms with Crippen molar-refractivity contribution in [3.63, 3.8) is 0 Å².